The molecule has 0 unspecified atom stereocenters. The van der Waals surface area contributed by atoms with Gasteiger partial charge in [0.2, 0.25) is 0 Å². The lowest BCUT2D eigenvalue weighted by molar-refractivity contribution is 0.308. The van der Waals surface area contributed by atoms with E-state index in [-0.39, 0.29) is 0 Å². The van der Waals surface area contributed by atoms with Crippen LogP contribution < -0.4 is 10.1 Å². The molecular formula is C17H27NOS. The van der Waals surface area contributed by atoms with E-state index in [1.807, 2.05) is 23.9 Å². The molecule has 2 rings (SSSR count). The van der Waals surface area contributed by atoms with Crippen LogP contribution in [-0.4, -0.2) is 25.4 Å². The third kappa shape index (κ3) is 5.02. The van der Waals surface area contributed by atoms with E-state index in [9.17, 15) is 0 Å². The molecule has 0 bridgehead atoms. The highest BCUT2D eigenvalue weighted by Gasteiger charge is 2.16. The fourth-order valence-corrected chi connectivity index (χ4v) is 3.74. The van der Waals surface area contributed by atoms with Gasteiger partial charge < -0.3 is 10.1 Å². The molecule has 3 heteroatoms. The average Bonchev–Trinajstić information content (AvgIpc) is 2.49. The van der Waals surface area contributed by atoms with E-state index in [4.69, 9.17) is 4.74 Å². The zero-order valence-electron chi connectivity index (χ0n) is 12.7. The molecule has 0 heterocycles. The zero-order chi connectivity index (χ0) is 14.2. The molecule has 112 valence electrons. The number of hydrogen-bond acceptors (Lipinski definition) is 3. The first-order chi connectivity index (χ1) is 9.79. The Balaban J connectivity index is 1.59. The fraction of sp³-hybridized carbons (Fsp3) is 0.647. The van der Waals surface area contributed by atoms with Crippen molar-refractivity contribution in [1.82, 2.24) is 5.32 Å². The minimum Gasteiger partial charge on any atom is -0.496 e. The number of thioether (sulfide) groups is 1. The van der Waals surface area contributed by atoms with Gasteiger partial charge in [-0.3, -0.25) is 0 Å². The molecule has 0 amide bonds. The van der Waals surface area contributed by atoms with E-state index in [2.05, 4.69) is 24.4 Å². The van der Waals surface area contributed by atoms with Crippen LogP contribution >= 0.6 is 11.8 Å². The Labute approximate surface area is 127 Å². The lowest BCUT2D eigenvalue weighted by atomic mass is 9.87. The van der Waals surface area contributed by atoms with E-state index in [1.54, 1.807) is 7.11 Å². The Morgan fingerprint density at radius 1 is 1.20 bits per heavy atom. The predicted molar refractivity (Wildman–Crippen MR) is 87.8 cm³/mol. The lowest BCUT2D eigenvalue weighted by Gasteiger charge is -2.27. The molecule has 0 aliphatic heterocycles. The molecule has 1 aliphatic rings. The lowest BCUT2D eigenvalue weighted by Crippen LogP contribution is -2.33. The second-order valence-corrected chi connectivity index (χ2v) is 6.90. The van der Waals surface area contributed by atoms with E-state index in [1.165, 1.54) is 37.0 Å². The van der Waals surface area contributed by atoms with Crippen molar-refractivity contribution in [2.24, 2.45) is 5.92 Å². The summed E-state index contributed by atoms with van der Waals surface area (Å²) >= 11 is 1.89. The summed E-state index contributed by atoms with van der Waals surface area (Å²) in [5, 5.41) is 3.71. The third-order valence-corrected chi connectivity index (χ3v) is 5.24. The van der Waals surface area contributed by atoms with Crippen molar-refractivity contribution in [1.29, 1.82) is 0 Å². The molecule has 2 nitrogen and oxygen atoms in total. The number of hydrogen-bond donors (Lipinski definition) is 1. The van der Waals surface area contributed by atoms with Crippen LogP contribution in [0.3, 0.4) is 0 Å². The highest BCUT2D eigenvalue weighted by atomic mass is 32.2. The standard InChI is InChI=1S/C17H27NOS/c1-14-8-10-15(11-9-14)18-12-5-13-20-17-7-4-3-6-16(17)19-2/h3-4,6-7,14-15,18H,5,8-13H2,1-2H3. The SMILES string of the molecule is COc1ccccc1SCCCNC1CCC(C)CC1. The maximum absolute atomic E-state index is 5.37. The number of para-hydroxylation sites is 1. The number of ether oxygens (including phenoxy) is 1. The summed E-state index contributed by atoms with van der Waals surface area (Å²) in [5.41, 5.74) is 0. The number of nitrogens with one attached hydrogen (secondary N) is 1. The summed E-state index contributed by atoms with van der Waals surface area (Å²) in [6, 6.07) is 9.03. The van der Waals surface area contributed by atoms with E-state index in [0.29, 0.717) is 0 Å². The van der Waals surface area contributed by atoms with E-state index in [0.717, 1.165) is 30.0 Å². The minimum atomic E-state index is 0.766. The van der Waals surface area contributed by atoms with Crippen LogP contribution in [0.15, 0.2) is 29.2 Å². The Morgan fingerprint density at radius 3 is 2.70 bits per heavy atom. The van der Waals surface area contributed by atoms with Gasteiger partial charge in [-0.2, -0.15) is 0 Å². The second kappa shape index (κ2) is 8.58. The maximum Gasteiger partial charge on any atom is 0.132 e. The van der Waals surface area contributed by atoms with Crippen molar-refractivity contribution in [3.05, 3.63) is 24.3 Å². The Kier molecular flexibility index (Phi) is 6.74. The van der Waals surface area contributed by atoms with E-state index >= 15 is 0 Å². The monoisotopic (exact) mass is 293 g/mol. The van der Waals surface area contributed by atoms with Crippen LogP contribution in [0.1, 0.15) is 39.0 Å². The molecule has 1 fully saturated rings. The minimum absolute atomic E-state index is 0.766. The van der Waals surface area contributed by atoms with Crippen LogP contribution in [-0.2, 0) is 0 Å². The van der Waals surface area contributed by atoms with Gasteiger partial charge in [0, 0.05) is 10.9 Å². The third-order valence-electron chi connectivity index (χ3n) is 4.10. The largest absolute Gasteiger partial charge is 0.496 e. The zero-order valence-corrected chi connectivity index (χ0v) is 13.5. The molecular weight excluding hydrogens is 266 g/mol. The van der Waals surface area contributed by atoms with E-state index < -0.39 is 0 Å². The molecule has 0 spiro atoms. The topological polar surface area (TPSA) is 21.3 Å². The van der Waals surface area contributed by atoms with Gasteiger partial charge in [0.05, 0.1) is 7.11 Å². The smallest absolute Gasteiger partial charge is 0.132 e. The summed E-state index contributed by atoms with van der Waals surface area (Å²) in [6.45, 7) is 3.52. The molecule has 0 radical (unpaired) electrons. The van der Waals surface area contributed by atoms with Gasteiger partial charge in [0.25, 0.3) is 0 Å². The summed E-state index contributed by atoms with van der Waals surface area (Å²) in [7, 11) is 1.74. The Hall–Kier alpha value is -0.670. The van der Waals surface area contributed by atoms with Gasteiger partial charge in [-0.25, -0.2) is 0 Å². The molecule has 1 N–H and O–H groups in total. The average molecular weight is 293 g/mol. The van der Waals surface area contributed by atoms with Crippen LogP contribution in [0.5, 0.6) is 5.75 Å². The van der Waals surface area contributed by atoms with Gasteiger partial charge in [-0.1, -0.05) is 19.1 Å². The highest BCUT2D eigenvalue weighted by molar-refractivity contribution is 7.99. The molecule has 20 heavy (non-hydrogen) atoms. The Bertz CT molecular complexity index is 388. The summed E-state index contributed by atoms with van der Waals surface area (Å²) < 4.78 is 5.37. The van der Waals surface area contributed by atoms with Gasteiger partial charge in [-0.05, 0) is 62.5 Å². The van der Waals surface area contributed by atoms with Gasteiger partial charge in [0.1, 0.15) is 5.75 Å². The first-order valence-corrected chi connectivity index (χ1v) is 8.77. The maximum atomic E-state index is 5.37. The summed E-state index contributed by atoms with van der Waals surface area (Å²) in [4.78, 5) is 1.25. The molecule has 0 saturated heterocycles. The van der Waals surface area contributed by atoms with Crippen LogP contribution in [0.2, 0.25) is 0 Å². The first kappa shape index (κ1) is 15.7. The van der Waals surface area contributed by atoms with Crippen molar-refractivity contribution in [2.75, 3.05) is 19.4 Å². The molecule has 1 saturated carbocycles. The van der Waals surface area contributed by atoms with Crippen molar-refractivity contribution < 1.29 is 4.74 Å². The summed E-state index contributed by atoms with van der Waals surface area (Å²) in [6.07, 6.45) is 6.73. The van der Waals surface area contributed by atoms with Gasteiger partial charge in [-0.15, -0.1) is 11.8 Å². The number of benzene rings is 1. The number of rotatable bonds is 7. The van der Waals surface area contributed by atoms with Crippen LogP contribution in [0.4, 0.5) is 0 Å². The van der Waals surface area contributed by atoms with Crippen molar-refractivity contribution >= 4 is 11.8 Å². The van der Waals surface area contributed by atoms with Crippen LogP contribution in [0, 0.1) is 5.92 Å². The van der Waals surface area contributed by atoms with Crippen molar-refractivity contribution in [3.63, 3.8) is 0 Å². The Morgan fingerprint density at radius 2 is 1.95 bits per heavy atom. The number of methoxy groups -OCH3 is 1. The van der Waals surface area contributed by atoms with Crippen LogP contribution in [0.25, 0.3) is 0 Å². The summed E-state index contributed by atoms with van der Waals surface area (Å²) in [5.74, 6) is 3.08. The molecule has 1 aromatic rings. The quantitative estimate of drug-likeness (QED) is 0.596. The van der Waals surface area contributed by atoms with Gasteiger partial charge >= 0.3 is 0 Å². The second-order valence-electron chi connectivity index (χ2n) is 5.76. The predicted octanol–water partition coefficient (Wildman–Crippen LogP) is 4.35. The van der Waals surface area contributed by atoms with Crippen molar-refractivity contribution in [3.8, 4) is 5.75 Å². The van der Waals surface area contributed by atoms with Crippen molar-refractivity contribution in [2.45, 2.75) is 50.0 Å². The first-order valence-electron chi connectivity index (χ1n) is 7.79. The van der Waals surface area contributed by atoms with Gasteiger partial charge in [0.15, 0.2) is 0 Å². The molecule has 0 atom stereocenters. The molecule has 1 aliphatic carbocycles. The molecule has 1 aromatic carbocycles. The highest BCUT2D eigenvalue weighted by Crippen LogP contribution is 2.29. The normalized spacial score (nSPS) is 22.7. The molecule has 0 aromatic heterocycles. The fourth-order valence-electron chi connectivity index (χ4n) is 2.76.